The molecular formula is C12H21N3O. The Labute approximate surface area is 97.5 Å². The van der Waals surface area contributed by atoms with Crippen LogP contribution < -0.4 is 10.1 Å². The summed E-state index contributed by atoms with van der Waals surface area (Å²) in [4.78, 5) is 8.61. The van der Waals surface area contributed by atoms with E-state index in [9.17, 15) is 0 Å². The molecule has 1 aromatic rings. The van der Waals surface area contributed by atoms with E-state index in [1.165, 1.54) is 0 Å². The predicted molar refractivity (Wildman–Crippen MR) is 64.8 cm³/mol. The number of hydrogen-bond acceptors (Lipinski definition) is 4. The van der Waals surface area contributed by atoms with Crippen LogP contribution in [0.5, 0.6) is 5.88 Å². The van der Waals surface area contributed by atoms with Gasteiger partial charge in [0.05, 0.1) is 18.5 Å². The van der Waals surface area contributed by atoms with Crippen molar-refractivity contribution in [2.24, 2.45) is 0 Å². The predicted octanol–water partition coefficient (Wildman–Crippen LogP) is 1.98. The van der Waals surface area contributed by atoms with Gasteiger partial charge in [-0.2, -0.15) is 0 Å². The normalized spacial score (nSPS) is 14.5. The lowest BCUT2D eigenvalue weighted by atomic mass is 9.97. The van der Waals surface area contributed by atoms with Crippen LogP contribution in [-0.4, -0.2) is 29.7 Å². The highest BCUT2D eigenvalue weighted by Crippen LogP contribution is 2.20. The van der Waals surface area contributed by atoms with Crippen LogP contribution in [0.1, 0.15) is 38.8 Å². The molecule has 0 amide bonds. The second-order valence-electron chi connectivity index (χ2n) is 3.81. The molecule has 0 radical (unpaired) electrons. The monoisotopic (exact) mass is 223 g/mol. The van der Waals surface area contributed by atoms with E-state index >= 15 is 0 Å². The minimum Gasteiger partial charge on any atom is -0.477 e. The highest BCUT2D eigenvalue weighted by molar-refractivity contribution is 5.13. The molecule has 1 rings (SSSR count). The maximum absolute atomic E-state index is 5.35. The second kappa shape index (κ2) is 6.43. The fourth-order valence-electron chi connectivity index (χ4n) is 1.81. The van der Waals surface area contributed by atoms with E-state index in [2.05, 4.69) is 29.1 Å². The molecule has 0 aliphatic rings. The lowest BCUT2D eigenvalue weighted by molar-refractivity contribution is 0.322. The van der Waals surface area contributed by atoms with Gasteiger partial charge in [0.2, 0.25) is 5.88 Å². The third kappa shape index (κ3) is 3.17. The van der Waals surface area contributed by atoms with Gasteiger partial charge in [-0.3, -0.25) is 4.98 Å². The van der Waals surface area contributed by atoms with Crippen LogP contribution in [0.25, 0.3) is 0 Å². The number of nitrogens with one attached hydrogen (secondary N) is 1. The summed E-state index contributed by atoms with van der Waals surface area (Å²) in [5, 5.41) is 3.29. The summed E-state index contributed by atoms with van der Waals surface area (Å²) in [6.07, 6.45) is 4.53. The zero-order valence-electron chi connectivity index (χ0n) is 10.5. The van der Waals surface area contributed by atoms with Crippen LogP contribution in [0, 0.1) is 0 Å². The van der Waals surface area contributed by atoms with Crippen LogP contribution >= 0.6 is 0 Å². The van der Waals surface area contributed by atoms with Crippen LogP contribution in [-0.2, 0) is 0 Å². The van der Waals surface area contributed by atoms with Crippen molar-refractivity contribution in [1.82, 2.24) is 15.3 Å². The number of likely N-dealkylation sites (N-methyl/N-ethyl adjacent to an activating group) is 1. The van der Waals surface area contributed by atoms with Gasteiger partial charge in [-0.25, -0.2) is 4.98 Å². The van der Waals surface area contributed by atoms with Gasteiger partial charge in [0, 0.05) is 18.2 Å². The summed E-state index contributed by atoms with van der Waals surface area (Å²) in [5.41, 5.74) is 0.979. The minimum absolute atomic E-state index is 0.336. The van der Waals surface area contributed by atoms with Crippen molar-refractivity contribution in [3.63, 3.8) is 0 Å². The molecule has 0 fully saturated rings. The van der Waals surface area contributed by atoms with Crippen molar-refractivity contribution in [2.45, 2.75) is 39.2 Å². The van der Waals surface area contributed by atoms with Crippen LogP contribution in [0.15, 0.2) is 12.4 Å². The molecule has 4 heteroatoms. The molecule has 0 saturated heterocycles. The summed E-state index contributed by atoms with van der Waals surface area (Å²) < 4.78 is 5.35. The fraction of sp³-hybridized carbons (Fsp3) is 0.667. The Bertz CT molecular complexity index is 313. The van der Waals surface area contributed by atoms with Crippen molar-refractivity contribution in [2.75, 3.05) is 13.7 Å². The Morgan fingerprint density at radius 1 is 1.38 bits per heavy atom. The molecule has 1 aromatic heterocycles. The SMILES string of the molecule is CCOc1cncc(C(C)C(CC)NC)n1. The van der Waals surface area contributed by atoms with Crippen molar-refractivity contribution in [3.8, 4) is 5.88 Å². The number of ether oxygens (including phenoxy) is 1. The minimum atomic E-state index is 0.336. The number of aromatic nitrogens is 2. The second-order valence-corrected chi connectivity index (χ2v) is 3.81. The van der Waals surface area contributed by atoms with E-state index in [-0.39, 0.29) is 0 Å². The molecule has 0 saturated carbocycles. The maximum Gasteiger partial charge on any atom is 0.232 e. The topological polar surface area (TPSA) is 47.0 Å². The smallest absolute Gasteiger partial charge is 0.232 e. The average molecular weight is 223 g/mol. The van der Waals surface area contributed by atoms with Crippen molar-refractivity contribution >= 4 is 0 Å². The van der Waals surface area contributed by atoms with Crippen molar-refractivity contribution < 1.29 is 4.74 Å². The first kappa shape index (κ1) is 12.9. The van der Waals surface area contributed by atoms with Crippen LogP contribution in [0.2, 0.25) is 0 Å². The molecule has 0 spiro atoms. The first-order valence-electron chi connectivity index (χ1n) is 5.84. The summed E-state index contributed by atoms with van der Waals surface area (Å²) in [6.45, 7) is 6.89. The highest BCUT2D eigenvalue weighted by Gasteiger charge is 2.17. The Kier molecular flexibility index (Phi) is 5.19. The van der Waals surface area contributed by atoms with Gasteiger partial charge in [0.1, 0.15) is 0 Å². The van der Waals surface area contributed by atoms with E-state index in [0.717, 1.165) is 12.1 Å². The van der Waals surface area contributed by atoms with E-state index in [1.54, 1.807) is 6.20 Å². The molecule has 90 valence electrons. The number of nitrogens with zero attached hydrogens (tertiary/aromatic N) is 2. The largest absolute Gasteiger partial charge is 0.477 e. The molecule has 0 aromatic carbocycles. The Morgan fingerprint density at radius 2 is 2.12 bits per heavy atom. The Hall–Kier alpha value is -1.16. The summed E-state index contributed by atoms with van der Waals surface area (Å²) in [6, 6.07) is 0.422. The number of hydrogen-bond donors (Lipinski definition) is 1. The van der Waals surface area contributed by atoms with E-state index in [4.69, 9.17) is 4.74 Å². The lowest BCUT2D eigenvalue weighted by Crippen LogP contribution is -2.30. The third-order valence-electron chi connectivity index (χ3n) is 2.80. The summed E-state index contributed by atoms with van der Waals surface area (Å²) in [5.74, 6) is 0.945. The van der Waals surface area contributed by atoms with Crippen LogP contribution in [0.3, 0.4) is 0 Å². The molecule has 1 N–H and O–H groups in total. The lowest BCUT2D eigenvalue weighted by Gasteiger charge is -2.21. The Balaban J connectivity index is 2.81. The fourth-order valence-corrected chi connectivity index (χ4v) is 1.81. The quantitative estimate of drug-likeness (QED) is 0.801. The summed E-state index contributed by atoms with van der Waals surface area (Å²) in [7, 11) is 1.98. The molecule has 4 nitrogen and oxygen atoms in total. The van der Waals surface area contributed by atoms with Gasteiger partial charge in [0.25, 0.3) is 0 Å². The van der Waals surface area contributed by atoms with Gasteiger partial charge >= 0.3 is 0 Å². The highest BCUT2D eigenvalue weighted by atomic mass is 16.5. The standard InChI is InChI=1S/C12H21N3O/c1-5-10(13-4)9(3)11-7-14-8-12(15-11)16-6-2/h7-10,13H,5-6H2,1-4H3. The Morgan fingerprint density at radius 3 is 2.69 bits per heavy atom. The van der Waals surface area contributed by atoms with Crippen molar-refractivity contribution in [3.05, 3.63) is 18.1 Å². The van der Waals surface area contributed by atoms with Gasteiger partial charge in [0.15, 0.2) is 0 Å². The molecule has 2 unspecified atom stereocenters. The van der Waals surface area contributed by atoms with Gasteiger partial charge in [-0.15, -0.1) is 0 Å². The molecular weight excluding hydrogens is 202 g/mol. The summed E-state index contributed by atoms with van der Waals surface area (Å²) >= 11 is 0. The van der Waals surface area contributed by atoms with E-state index < -0.39 is 0 Å². The molecule has 0 aliphatic carbocycles. The number of rotatable bonds is 6. The molecule has 0 bridgehead atoms. The molecule has 0 aliphatic heterocycles. The molecule has 1 heterocycles. The van der Waals surface area contributed by atoms with Gasteiger partial charge < -0.3 is 10.1 Å². The third-order valence-corrected chi connectivity index (χ3v) is 2.80. The zero-order valence-corrected chi connectivity index (χ0v) is 10.5. The van der Waals surface area contributed by atoms with Crippen molar-refractivity contribution in [1.29, 1.82) is 0 Å². The van der Waals surface area contributed by atoms with E-state index in [1.807, 2.05) is 20.2 Å². The van der Waals surface area contributed by atoms with Crippen LogP contribution in [0.4, 0.5) is 0 Å². The average Bonchev–Trinajstić information content (AvgIpc) is 2.31. The first-order valence-corrected chi connectivity index (χ1v) is 5.84. The first-order chi connectivity index (χ1) is 7.72. The van der Waals surface area contributed by atoms with Gasteiger partial charge in [-0.05, 0) is 20.4 Å². The zero-order chi connectivity index (χ0) is 12.0. The van der Waals surface area contributed by atoms with Gasteiger partial charge in [-0.1, -0.05) is 13.8 Å². The maximum atomic E-state index is 5.35. The molecule has 16 heavy (non-hydrogen) atoms. The molecule has 2 atom stereocenters. The van der Waals surface area contributed by atoms with E-state index in [0.29, 0.717) is 24.4 Å².